The van der Waals surface area contributed by atoms with Crippen LogP contribution < -0.4 is 15.8 Å². The van der Waals surface area contributed by atoms with Gasteiger partial charge >= 0.3 is 12.1 Å². The Bertz CT molecular complexity index is 1370. The lowest BCUT2D eigenvalue weighted by Gasteiger charge is -2.27. The highest BCUT2D eigenvalue weighted by Gasteiger charge is 2.26. The van der Waals surface area contributed by atoms with Crippen LogP contribution in [0.4, 0.5) is 19.7 Å². The van der Waals surface area contributed by atoms with Crippen molar-refractivity contribution in [1.29, 1.82) is 0 Å². The first-order valence-electron chi connectivity index (χ1n) is 11.5. The Kier molecular flexibility index (Phi) is 7.07. The summed E-state index contributed by atoms with van der Waals surface area (Å²) < 4.78 is 20.4. The van der Waals surface area contributed by atoms with Crippen molar-refractivity contribution >= 4 is 17.7 Å². The standard InChI is InChI=1S/C28H29FN4O3/c1-17-21(10-6-11-24(17)31-27(34)33-13-7-12-32(3)28(33)35)19-8-5-9-20(14-19)22-15-25(36-4)23(16-30)26(29)18(22)2/h5-12,14-15H,13,16,30H2,1-4H3,(H,31,34). The number of methoxy groups -OCH3 is 1. The van der Waals surface area contributed by atoms with Crippen LogP contribution in [0, 0.1) is 19.7 Å². The predicted octanol–water partition coefficient (Wildman–Crippen LogP) is 5.66. The average Bonchev–Trinajstić information content (AvgIpc) is 2.88. The number of benzene rings is 3. The molecule has 3 aromatic rings. The molecular weight excluding hydrogens is 459 g/mol. The van der Waals surface area contributed by atoms with Gasteiger partial charge in [-0.25, -0.2) is 18.9 Å². The normalized spacial score (nSPS) is 13.2. The summed E-state index contributed by atoms with van der Waals surface area (Å²) in [5, 5.41) is 2.86. The van der Waals surface area contributed by atoms with Gasteiger partial charge in [0.25, 0.3) is 0 Å². The first kappa shape index (κ1) is 24.9. The highest BCUT2D eigenvalue weighted by Crippen LogP contribution is 2.36. The van der Waals surface area contributed by atoms with Gasteiger partial charge in [-0.3, -0.25) is 0 Å². The molecule has 186 valence electrons. The molecule has 3 N–H and O–H groups in total. The molecule has 0 radical (unpaired) electrons. The van der Waals surface area contributed by atoms with Crippen molar-refractivity contribution in [3.8, 4) is 28.0 Å². The van der Waals surface area contributed by atoms with E-state index in [9.17, 15) is 9.59 Å². The highest BCUT2D eigenvalue weighted by molar-refractivity contribution is 6.02. The number of ether oxygens (including phenoxy) is 1. The number of urea groups is 2. The number of carbonyl (C=O) groups excluding carboxylic acids is 2. The third-order valence-corrected chi connectivity index (χ3v) is 6.45. The van der Waals surface area contributed by atoms with Crippen LogP contribution in [0.25, 0.3) is 22.3 Å². The molecule has 36 heavy (non-hydrogen) atoms. The maximum Gasteiger partial charge on any atom is 0.332 e. The second kappa shape index (κ2) is 10.2. The van der Waals surface area contributed by atoms with Crippen molar-refractivity contribution in [1.82, 2.24) is 9.80 Å². The van der Waals surface area contributed by atoms with E-state index in [0.29, 0.717) is 28.1 Å². The molecule has 4 amide bonds. The zero-order valence-corrected chi connectivity index (χ0v) is 20.8. The molecule has 3 aromatic carbocycles. The first-order valence-corrected chi connectivity index (χ1v) is 11.5. The van der Waals surface area contributed by atoms with Gasteiger partial charge in [0.2, 0.25) is 0 Å². The van der Waals surface area contributed by atoms with E-state index in [2.05, 4.69) is 5.32 Å². The molecule has 0 aromatic heterocycles. The Balaban J connectivity index is 1.68. The molecule has 0 spiro atoms. The molecular formula is C28H29FN4O3. The molecule has 7 nitrogen and oxygen atoms in total. The molecule has 0 saturated heterocycles. The average molecular weight is 489 g/mol. The van der Waals surface area contributed by atoms with Gasteiger partial charge in [0.05, 0.1) is 13.7 Å². The van der Waals surface area contributed by atoms with E-state index in [-0.39, 0.29) is 18.9 Å². The monoisotopic (exact) mass is 488 g/mol. The fraction of sp³-hybridized carbons (Fsp3) is 0.214. The number of carbonyl (C=O) groups is 2. The summed E-state index contributed by atoms with van der Waals surface area (Å²) in [6.45, 7) is 3.89. The number of nitrogens with two attached hydrogens (primary N) is 1. The van der Waals surface area contributed by atoms with Gasteiger partial charge in [0, 0.05) is 31.0 Å². The zero-order chi connectivity index (χ0) is 26.0. The number of hydrogen-bond donors (Lipinski definition) is 2. The Hall–Kier alpha value is -4.17. The second-order valence-electron chi connectivity index (χ2n) is 8.63. The number of nitrogens with one attached hydrogen (secondary N) is 1. The molecule has 0 unspecified atom stereocenters. The third-order valence-electron chi connectivity index (χ3n) is 6.45. The molecule has 0 atom stereocenters. The smallest absolute Gasteiger partial charge is 0.332 e. The van der Waals surface area contributed by atoms with Crippen molar-refractivity contribution < 1.29 is 18.7 Å². The fourth-order valence-electron chi connectivity index (χ4n) is 4.38. The molecule has 0 fully saturated rings. The van der Waals surface area contributed by atoms with Crippen LogP contribution in [0.2, 0.25) is 0 Å². The Morgan fingerprint density at radius 2 is 1.78 bits per heavy atom. The highest BCUT2D eigenvalue weighted by atomic mass is 19.1. The molecule has 0 bridgehead atoms. The fourth-order valence-corrected chi connectivity index (χ4v) is 4.38. The number of anilines is 1. The van der Waals surface area contributed by atoms with E-state index in [1.54, 1.807) is 32.3 Å². The topological polar surface area (TPSA) is 87.9 Å². The van der Waals surface area contributed by atoms with Gasteiger partial charge in [-0.05, 0) is 71.5 Å². The first-order chi connectivity index (χ1) is 17.3. The van der Waals surface area contributed by atoms with E-state index in [4.69, 9.17) is 10.5 Å². The van der Waals surface area contributed by atoms with Gasteiger partial charge in [0.1, 0.15) is 11.6 Å². The summed E-state index contributed by atoms with van der Waals surface area (Å²) in [6, 6.07) is 14.3. The van der Waals surface area contributed by atoms with E-state index in [1.807, 2.05) is 49.4 Å². The lowest BCUT2D eigenvalue weighted by atomic mass is 9.92. The van der Waals surface area contributed by atoms with Crippen LogP contribution in [0.3, 0.4) is 0 Å². The molecule has 0 aliphatic carbocycles. The predicted molar refractivity (Wildman–Crippen MR) is 139 cm³/mol. The van der Waals surface area contributed by atoms with Gasteiger partial charge in [-0.1, -0.05) is 30.3 Å². The Morgan fingerprint density at radius 1 is 1.08 bits per heavy atom. The zero-order valence-electron chi connectivity index (χ0n) is 20.8. The van der Waals surface area contributed by atoms with Crippen LogP contribution in [0.5, 0.6) is 5.75 Å². The lowest BCUT2D eigenvalue weighted by molar-refractivity contribution is 0.178. The summed E-state index contributed by atoms with van der Waals surface area (Å²) in [5.74, 6) is 0.0422. The maximum absolute atomic E-state index is 15.0. The van der Waals surface area contributed by atoms with Crippen LogP contribution in [-0.2, 0) is 6.54 Å². The number of imide groups is 1. The summed E-state index contributed by atoms with van der Waals surface area (Å²) in [5.41, 5.74) is 11.4. The minimum atomic E-state index is -0.497. The van der Waals surface area contributed by atoms with Crippen LogP contribution in [0.1, 0.15) is 16.7 Å². The lowest BCUT2D eigenvalue weighted by Crippen LogP contribution is -2.47. The largest absolute Gasteiger partial charge is 0.496 e. The van der Waals surface area contributed by atoms with Gasteiger partial charge < -0.3 is 20.7 Å². The van der Waals surface area contributed by atoms with Gasteiger partial charge in [-0.2, -0.15) is 0 Å². The van der Waals surface area contributed by atoms with Crippen molar-refractivity contribution in [2.24, 2.45) is 5.73 Å². The van der Waals surface area contributed by atoms with Crippen LogP contribution in [0.15, 0.2) is 60.8 Å². The molecule has 1 heterocycles. The summed E-state index contributed by atoms with van der Waals surface area (Å²) in [7, 11) is 3.10. The minimum Gasteiger partial charge on any atom is -0.496 e. The molecule has 1 aliphatic heterocycles. The number of halogens is 1. The van der Waals surface area contributed by atoms with Crippen LogP contribution >= 0.6 is 0 Å². The van der Waals surface area contributed by atoms with E-state index >= 15 is 4.39 Å². The Morgan fingerprint density at radius 3 is 2.47 bits per heavy atom. The maximum atomic E-state index is 15.0. The Labute approximate surface area is 210 Å². The van der Waals surface area contributed by atoms with E-state index in [0.717, 1.165) is 27.2 Å². The number of rotatable bonds is 5. The van der Waals surface area contributed by atoms with E-state index < -0.39 is 12.1 Å². The SMILES string of the molecule is COc1cc(-c2cccc(-c3cccc(NC(=O)N4CC=CN(C)C4=O)c3C)c2)c(C)c(F)c1CN. The van der Waals surface area contributed by atoms with E-state index in [1.165, 1.54) is 12.0 Å². The van der Waals surface area contributed by atoms with Gasteiger partial charge in [-0.15, -0.1) is 0 Å². The molecule has 4 rings (SSSR count). The second-order valence-corrected chi connectivity index (χ2v) is 8.63. The summed E-state index contributed by atoms with van der Waals surface area (Å²) >= 11 is 0. The van der Waals surface area contributed by atoms with Crippen molar-refractivity contribution in [2.75, 3.05) is 26.0 Å². The summed E-state index contributed by atoms with van der Waals surface area (Å²) in [4.78, 5) is 27.7. The summed E-state index contributed by atoms with van der Waals surface area (Å²) in [6.07, 6.45) is 3.38. The number of amides is 4. The quantitative estimate of drug-likeness (QED) is 0.485. The minimum absolute atomic E-state index is 0.0451. The molecule has 8 heteroatoms. The van der Waals surface area contributed by atoms with Crippen molar-refractivity contribution in [3.63, 3.8) is 0 Å². The molecule has 1 aliphatic rings. The van der Waals surface area contributed by atoms with Crippen molar-refractivity contribution in [3.05, 3.63) is 83.3 Å². The number of hydrogen-bond acceptors (Lipinski definition) is 4. The van der Waals surface area contributed by atoms with Gasteiger partial charge in [0.15, 0.2) is 0 Å². The molecule has 0 saturated carbocycles. The van der Waals surface area contributed by atoms with Crippen molar-refractivity contribution in [2.45, 2.75) is 20.4 Å². The third kappa shape index (κ3) is 4.55. The van der Waals surface area contributed by atoms with Crippen LogP contribution in [-0.4, -0.2) is 42.6 Å². The number of nitrogens with zero attached hydrogens (tertiary/aromatic N) is 2.